The molecule has 1 heterocycles. The summed E-state index contributed by atoms with van der Waals surface area (Å²) in [6.07, 6.45) is 0. The number of hydrogen-bond acceptors (Lipinski definition) is 6. The number of anilines is 1. The Hall–Kier alpha value is -3.36. The second-order valence-corrected chi connectivity index (χ2v) is 8.37. The van der Waals surface area contributed by atoms with Crippen molar-refractivity contribution in [3.63, 3.8) is 0 Å². The molecule has 0 saturated heterocycles. The van der Waals surface area contributed by atoms with Gasteiger partial charge in [-0.1, -0.05) is 35.0 Å². The van der Waals surface area contributed by atoms with Crippen molar-refractivity contribution in [1.82, 2.24) is 10.1 Å². The number of nitrogens with zero attached hydrogens (tertiary/aromatic N) is 2. The molecule has 9 heteroatoms. The normalized spacial score (nSPS) is 11.2. The number of ether oxygens (including phenoxy) is 1. The van der Waals surface area contributed by atoms with Crippen LogP contribution in [0.15, 0.2) is 88.3 Å². The summed E-state index contributed by atoms with van der Waals surface area (Å²) in [6.45, 7) is 0.149. The van der Waals surface area contributed by atoms with Gasteiger partial charge in [0.05, 0.1) is 4.90 Å². The molecule has 7 nitrogen and oxygen atoms in total. The van der Waals surface area contributed by atoms with Gasteiger partial charge in [0.15, 0.2) is 6.61 Å². The molecule has 30 heavy (non-hydrogen) atoms. The lowest BCUT2D eigenvalue weighted by molar-refractivity contribution is 0.243. The van der Waals surface area contributed by atoms with Gasteiger partial charge < -0.3 is 9.26 Å². The number of hydrogen-bond donors (Lipinski definition) is 1. The summed E-state index contributed by atoms with van der Waals surface area (Å²) in [7, 11) is -3.71. The predicted molar refractivity (Wildman–Crippen MR) is 113 cm³/mol. The number of sulfonamides is 1. The standard InChI is InChI=1S/C21H16ClN3O4S/c22-16-8-12-19(13-9-16)30(26,27)25-17-10-6-15(7-11-17)21-23-20(29-24-21)14-28-18-4-2-1-3-5-18/h1-13,25H,14H2. The quantitative estimate of drug-likeness (QED) is 0.444. The summed E-state index contributed by atoms with van der Waals surface area (Å²) in [5, 5.41) is 4.41. The van der Waals surface area contributed by atoms with Gasteiger partial charge in [-0.2, -0.15) is 4.98 Å². The third-order valence-electron chi connectivity index (χ3n) is 4.09. The third kappa shape index (κ3) is 4.79. The minimum absolute atomic E-state index is 0.122. The summed E-state index contributed by atoms with van der Waals surface area (Å²) in [5.74, 6) is 1.42. The van der Waals surface area contributed by atoms with E-state index < -0.39 is 10.0 Å². The first kappa shape index (κ1) is 19.9. The summed E-state index contributed by atoms with van der Waals surface area (Å²) >= 11 is 5.81. The van der Waals surface area contributed by atoms with E-state index in [1.165, 1.54) is 24.3 Å². The van der Waals surface area contributed by atoms with E-state index in [2.05, 4.69) is 14.9 Å². The van der Waals surface area contributed by atoms with Crippen molar-refractivity contribution >= 4 is 27.3 Å². The van der Waals surface area contributed by atoms with Crippen LogP contribution in [-0.4, -0.2) is 18.6 Å². The maximum atomic E-state index is 12.5. The van der Waals surface area contributed by atoms with Crippen LogP contribution in [0.25, 0.3) is 11.4 Å². The molecule has 0 bridgehead atoms. The van der Waals surface area contributed by atoms with Crippen LogP contribution in [0.1, 0.15) is 5.89 Å². The van der Waals surface area contributed by atoms with Gasteiger partial charge in [-0.05, 0) is 60.7 Å². The average molecular weight is 442 g/mol. The van der Waals surface area contributed by atoms with E-state index in [4.69, 9.17) is 20.9 Å². The second-order valence-electron chi connectivity index (χ2n) is 6.25. The van der Waals surface area contributed by atoms with Gasteiger partial charge in [0, 0.05) is 16.3 Å². The first-order valence-corrected chi connectivity index (χ1v) is 10.7. The summed E-state index contributed by atoms with van der Waals surface area (Å²) < 4.78 is 38.2. The lowest BCUT2D eigenvalue weighted by atomic mass is 10.2. The summed E-state index contributed by atoms with van der Waals surface area (Å²) in [6, 6.07) is 21.9. The SMILES string of the molecule is O=S(=O)(Nc1ccc(-c2noc(COc3ccccc3)n2)cc1)c1ccc(Cl)cc1. The zero-order valence-corrected chi connectivity index (χ0v) is 17.1. The molecule has 0 aliphatic heterocycles. The van der Waals surface area contributed by atoms with Crippen LogP contribution in [-0.2, 0) is 16.6 Å². The van der Waals surface area contributed by atoms with Crippen molar-refractivity contribution in [2.75, 3.05) is 4.72 Å². The minimum Gasteiger partial charge on any atom is -0.484 e. The van der Waals surface area contributed by atoms with Gasteiger partial charge >= 0.3 is 0 Å². The van der Waals surface area contributed by atoms with E-state index >= 15 is 0 Å². The van der Waals surface area contributed by atoms with Gasteiger partial charge in [-0.25, -0.2) is 8.42 Å². The molecule has 152 valence electrons. The van der Waals surface area contributed by atoms with Crippen molar-refractivity contribution in [1.29, 1.82) is 0 Å². The molecule has 4 aromatic rings. The maximum Gasteiger partial charge on any atom is 0.264 e. The summed E-state index contributed by atoms with van der Waals surface area (Å²) in [5.41, 5.74) is 1.09. The molecular weight excluding hydrogens is 426 g/mol. The largest absolute Gasteiger partial charge is 0.484 e. The van der Waals surface area contributed by atoms with Crippen molar-refractivity contribution in [3.05, 3.63) is 89.8 Å². The molecule has 0 spiro atoms. The molecule has 0 fully saturated rings. The Morgan fingerprint density at radius 2 is 1.63 bits per heavy atom. The molecular formula is C21H16ClN3O4S. The molecule has 0 amide bonds. The van der Waals surface area contributed by atoms with Crippen LogP contribution in [0.4, 0.5) is 5.69 Å². The van der Waals surface area contributed by atoms with E-state index in [9.17, 15) is 8.42 Å². The number of benzene rings is 3. The van der Waals surface area contributed by atoms with Crippen molar-refractivity contribution < 1.29 is 17.7 Å². The average Bonchev–Trinajstić information content (AvgIpc) is 3.23. The molecule has 0 aliphatic rings. The van der Waals surface area contributed by atoms with Crippen molar-refractivity contribution in [2.24, 2.45) is 0 Å². The van der Waals surface area contributed by atoms with E-state index in [0.29, 0.717) is 33.7 Å². The lowest BCUT2D eigenvalue weighted by Gasteiger charge is -2.08. The zero-order valence-electron chi connectivity index (χ0n) is 15.5. The molecule has 4 rings (SSSR count). The van der Waals surface area contributed by atoms with Gasteiger partial charge in [0.1, 0.15) is 5.75 Å². The van der Waals surface area contributed by atoms with Crippen LogP contribution >= 0.6 is 11.6 Å². The Morgan fingerprint density at radius 3 is 2.33 bits per heavy atom. The Balaban J connectivity index is 1.42. The van der Waals surface area contributed by atoms with E-state index in [1.807, 2.05) is 30.3 Å². The molecule has 0 atom stereocenters. The van der Waals surface area contributed by atoms with Crippen molar-refractivity contribution in [3.8, 4) is 17.1 Å². The molecule has 0 unspecified atom stereocenters. The molecule has 1 N–H and O–H groups in total. The van der Waals surface area contributed by atoms with Crippen LogP contribution in [0.3, 0.4) is 0 Å². The Labute approximate surface area is 178 Å². The van der Waals surface area contributed by atoms with E-state index in [1.54, 1.807) is 24.3 Å². The highest BCUT2D eigenvalue weighted by atomic mass is 35.5. The number of rotatable bonds is 7. The highest BCUT2D eigenvalue weighted by Gasteiger charge is 2.15. The molecule has 1 aromatic heterocycles. The summed E-state index contributed by atoms with van der Waals surface area (Å²) in [4.78, 5) is 4.42. The fourth-order valence-corrected chi connectivity index (χ4v) is 3.79. The second kappa shape index (κ2) is 8.56. The Kier molecular flexibility index (Phi) is 5.69. The van der Waals surface area contributed by atoms with E-state index in [-0.39, 0.29) is 11.5 Å². The predicted octanol–water partition coefficient (Wildman–Crippen LogP) is 4.77. The van der Waals surface area contributed by atoms with Crippen LogP contribution in [0, 0.1) is 0 Å². The smallest absolute Gasteiger partial charge is 0.264 e. The molecule has 0 aliphatic carbocycles. The van der Waals surface area contributed by atoms with Crippen molar-refractivity contribution in [2.45, 2.75) is 11.5 Å². The Bertz CT molecular complexity index is 1230. The molecule has 0 saturated carbocycles. The van der Waals surface area contributed by atoms with E-state index in [0.717, 1.165) is 0 Å². The number of aromatic nitrogens is 2. The van der Waals surface area contributed by atoms with Gasteiger partial charge in [-0.15, -0.1) is 0 Å². The van der Waals surface area contributed by atoms with Crippen LogP contribution in [0.5, 0.6) is 5.75 Å². The third-order valence-corrected chi connectivity index (χ3v) is 5.74. The first-order valence-electron chi connectivity index (χ1n) is 8.89. The number of halogens is 1. The maximum absolute atomic E-state index is 12.5. The molecule has 0 radical (unpaired) electrons. The topological polar surface area (TPSA) is 94.3 Å². The minimum atomic E-state index is -3.71. The van der Waals surface area contributed by atoms with Gasteiger partial charge in [-0.3, -0.25) is 4.72 Å². The zero-order chi connectivity index (χ0) is 21.0. The lowest BCUT2D eigenvalue weighted by Crippen LogP contribution is -2.12. The monoisotopic (exact) mass is 441 g/mol. The fraction of sp³-hybridized carbons (Fsp3) is 0.0476. The fourth-order valence-electron chi connectivity index (χ4n) is 2.61. The highest BCUT2D eigenvalue weighted by Crippen LogP contribution is 2.22. The number of para-hydroxylation sites is 1. The van der Waals surface area contributed by atoms with Crippen LogP contribution < -0.4 is 9.46 Å². The van der Waals surface area contributed by atoms with Crippen LogP contribution in [0.2, 0.25) is 5.02 Å². The number of nitrogens with one attached hydrogen (secondary N) is 1. The molecule has 3 aromatic carbocycles. The van der Waals surface area contributed by atoms with Gasteiger partial charge in [0.2, 0.25) is 5.82 Å². The van der Waals surface area contributed by atoms with Gasteiger partial charge in [0.25, 0.3) is 15.9 Å². The highest BCUT2D eigenvalue weighted by molar-refractivity contribution is 7.92. The Morgan fingerprint density at radius 1 is 0.933 bits per heavy atom. The first-order chi connectivity index (χ1) is 14.5.